The Hall–Kier alpha value is -2.34. The molecule has 0 bridgehead atoms. The van der Waals surface area contributed by atoms with E-state index in [0.717, 1.165) is 10.4 Å². The van der Waals surface area contributed by atoms with Gasteiger partial charge in [-0.05, 0) is 23.4 Å². The smallest absolute Gasteiger partial charge is 0.410 e. The quantitative estimate of drug-likeness (QED) is 0.852. The Labute approximate surface area is 132 Å². The first kappa shape index (κ1) is 16.0. The van der Waals surface area contributed by atoms with Crippen molar-refractivity contribution in [3.63, 3.8) is 0 Å². The predicted octanol–water partition coefficient (Wildman–Crippen LogP) is 3.01. The van der Waals surface area contributed by atoms with E-state index in [1.165, 1.54) is 4.90 Å². The third kappa shape index (κ3) is 5.21. The first-order valence-corrected chi connectivity index (χ1v) is 7.73. The Kier molecular flexibility index (Phi) is 5.97. The Balaban J connectivity index is 1.89. The molecule has 0 saturated heterocycles. The maximum Gasteiger partial charge on any atom is 0.410 e. The summed E-state index contributed by atoms with van der Waals surface area (Å²) in [6.07, 6.45) is 0.00794. The van der Waals surface area contributed by atoms with Gasteiger partial charge in [0, 0.05) is 11.4 Å². The standard InChI is InChI=1S/C16H17NO4S/c18-15(19)11-17(9-8-14-7-4-10-22-14)16(20)21-12-13-5-2-1-3-6-13/h1-7,10H,8-9,11-12H2,(H,18,19). The van der Waals surface area contributed by atoms with E-state index < -0.39 is 12.1 Å². The highest BCUT2D eigenvalue weighted by Gasteiger charge is 2.18. The number of ether oxygens (including phenoxy) is 1. The number of nitrogens with zero attached hydrogens (tertiary/aromatic N) is 1. The lowest BCUT2D eigenvalue weighted by atomic mass is 10.2. The van der Waals surface area contributed by atoms with Gasteiger partial charge in [-0.1, -0.05) is 36.4 Å². The number of hydrogen-bond acceptors (Lipinski definition) is 4. The molecule has 6 heteroatoms. The van der Waals surface area contributed by atoms with Gasteiger partial charge in [0.2, 0.25) is 0 Å². The van der Waals surface area contributed by atoms with Gasteiger partial charge in [-0.15, -0.1) is 11.3 Å². The molecule has 1 N–H and O–H groups in total. The highest BCUT2D eigenvalue weighted by Crippen LogP contribution is 2.11. The minimum absolute atomic E-state index is 0.134. The fourth-order valence-electron chi connectivity index (χ4n) is 1.91. The van der Waals surface area contributed by atoms with Crippen LogP contribution in [0.5, 0.6) is 0 Å². The Morgan fingerprint density at radius 3 is 2.55 bits per heavy atom. The first-order valence-electron chi connectivity index (χ1n) is 6.85. The van der Waals surface area contributed by atoms with E-state index >= 15 is 0 Å². The summed E-state index contributed by atoms with van der Waals surface area (Å²) in [4.78, 5) is 25.3. The monoisotopic (exact) mass is 319 g/mol. The van der Waals surface area contributed by atoms with Crippen LogP contribution in [0.2, 0.25) is 0 Å². The van der Waals surface area contributed by atoms with Crippen LogP contribution < -0.4 is 0 Å². The molecule has 0 aliphatic rings. The second kappa shape index (κ2) is 8.19. The van der Waals surface area contributed by atoms with Crippen LogP contribution in [-0.4, -0.2) is 35.2 Å². The predicted molar refractivity (Wildman–Crippen MR) is 83.9 cm³/mol. The van der Waals surface area contributed by atoms with E-state index in [0.29, 0.717) is 13.0 Å². The summed E-state index contributed by atoms with van der Waals surface area (Å²) >= 11 is 1.58. The van der Waals surface area contributed by atoms with Gasteiger partial charge >= 0.3 is 12.1 Å². The average Bonchev–Trinajstić information content (AvgIpc) is 3.03. The van der Waals surface area contributed by atoms with Gasteiger partial charge in [0.05, 0.1) is 0 Å². The van der Waals surface area contributed by atoms with Crippen molar-refractivity contribution in [1.29, 1.82) is 0 Å². The third-order valence-corrected chi connectivity index (χ3v) is 3.93. The van der Waals surface area contributed by atoms with E-state index in [-0.39, 0.29) is 13.2 Å². The number of aliphatic carboxylic acids is 1. The lowest BCUT2D eigenvalue weighted by Gasteiger charge is -2.20. The van der Waals surface area contributed by atoms with Crippen LogP contribution in [0, 0.1) is 0 Å². The summed E-state index contributed by atoms with van der Waals surface area (Å²) in [6, 6.07) is 13.2. The van der Waals surface area contributed by atoms with Gasteiger partial charge < -0.3 is 9.84 Å². The van der Waals surface area contributed by atoms with Gasteiger partial charge in [0.25, 0.3) is 0 Å². The number of carboxylic acids is 1. The highest BCUT2D eigenvalue weighted by molar-refractivity contribution is 7.09. The van der Waals surface area contributed by atoms with Crippen molar-refractivity contribution in [2.75, 3.05) is 13.1 Å². The molecular weight excluding hydrogens is 302 g/mol. The number of benzene rings is 1. The third-order valence-electron chi connectivity index (χ3n) is 3.00. The minimum atomic E-state index is -1.05. The lowest BCUT2D eigenvalue weighted by molar-refractivity contribution is -0.138. The van der Waals surface area contributed by atoms with E-state index in [1.807, 2.05) is 47.8 Å². The second-order valence-electron chi connectivity index (χ2n) is 4.68. The van der Waals surface area contributed by atoms with Gasteiger partial charge in [0.1, 0.15) is 13.2 Å². The molecule has 5 nitrogen and oxygen atoms in total. The van der Waals surface area contributed by atoms with E-state index in [4.69, 9.17) is 9.84 Å². The van der Waals surface area contributed by atoms with Crippen LogP contribution in [0.1, 0.15) is 10.4 Å². The minimum Gasteiger partial charge on any atom is -0.480 e. The summed E-state index contributed by atoms with van der Waals surface area (Å²) in [5.41, 5.74) is 0.865. The first-order chi connectivity index (χ1) is 10.6. The summed E-state index contributed by atoms with van der Waals surface area (Å²) in [6.45, 7) is 0.0915. The molecule has 0 fully saturated rings. The summed E-state index contributed by atoms with van der Waals surface area (Å²) < 4.78 is 5.19. The van der Waals surface area contributed by atoms with Crippen LogP contribution in [0.4, 0.5) is 4.79 Å². The van der Waals surface area contributed by atoms with E-state index in [1.54, 1.807) is 11.3 Å². The fraction of sp³-hybridized carbons (Fsp3) is 0.250. The molecule has 1 amide bonds. The second-order valence-corrected chi connectivity index (χ2v) is 5.72. The van der Waals surface area contributed by atoms with Crippen LogP contribution >= 0.6 is 11.3 Å². The van der Waals surface area contributed by atoms with Crippen molar-refractivity contribution in [2.24, 2.45) is 0 Å². The molecule has 1 aromatic heterocycles. The maximum absolute atomic E-state index is 12.1. The van der Waals surface area contributed by atoms with Crippen molar-refractivity contribution in [2.45, 2.75) is 13.0 Å². The molecule has 0 radical (unpaired) electrons. The molecule has 1 heterocycles. The van der Waals surface area contributed by atoms with Gasteiger partial charge in [-0.2, -0.15) is 0 Å². The molecule has 2 aromatic rings. The molecule has 2 rings (SSSR count). The number of amides is 1. The molecule has 0 atom stereocenters. The van der Waals surface area contributed by atoms with E-state index in [9.17, 15) is 9.59 Å². The SMILES string of the molecule is O=C(O)CN(CCc1cccs1)C(=O)OCc1ccccc1. The zero-order chi connectivity index (χ0) is 15.8. The fourth-order valence-corrected chi connectivity index (χ4v) is 2.61. The van der Waals surface area contributed by atoms with Crippen LogP contribution in [0.3, 0.4) is 0 Å². The summed E-state index contributed by atoms with van der Waals surface area (Å²) in [5, 5.41) is 10.9. The van der Waals surface area contributed by atoms with Crippen LogP contribution in [0.15, 0.2) is 47.8 Å². The van der Waals surface area contributed by atoms with Crippen molar-refractivity contribution in [1.82, 2.24) is 4.90 Å². The molecule has 0 aliphatic carbocycles. The average molecular weight is 319 g/mol. The zero-order valence-corrected chi connectivity index (χ0v) is 12.8. The van der Waals surface area contributed by atoms with E-state index in [2.05, 4.69) is 0 Å². The summed E-state index contributed by atoms with van der Waals surface area (Å²) in [5.74, 6) is -1.05. The zero-order valence-electron chi connectivity index (χ0n) is 12.0. The number of hydrogen-bond donors (Lipinski definition) is 1. The largest absolute Gasteiger partial charge is 0.480 e. The number of thiophene rings is 1. The number of carboxylic acid groups (broad SMARTS) is 1. The van der Waals surface area contributed by atoms with Crippen molar-refractivity contribution in [3.05, 3.63) is 58.3 Å². The molecule has 0 aliphatic heterocycles. The lowest BCUT2D eigenvalue weighted by Crippen LogP contribution is -2.37. The Morgan fingerprint density at radius 1 is 1.14 bits per heavy atom. The van der Waals surface area contributed by atoms with Gasteiger partial charge in [-0.25, -0.2) is 4.79 Å². The molecular formula is C16H17NO4S. The van der Waals surface area contributed by atoms with Crippen molar-refractivity contribution >= 4 is 23.4 Å². The van der Waals surface area contributed by atoms with Crippen LogP contribution in [0.25, 0.3) is 0 Å². The van der Waals surface area contributed by atoms with Crippen molar-refractivity contribution in [3.8, 4) is 0 Å². The molecule has 116 valence electrons. The van der Waals surface area contributed by atoms with Crippen LogP contribution in [-0.2, 0) is 22.6 Å². The molecule has 0 saturated carbocycles. The molecule has 0 unspecified atom stereocenters. The molecule has 0 spiro atoms. The maximum atomic E-state index is 12.1. The Bertz CT molecular complexity index is 598. The van der Waals surface area contributed by atoms with Gasteiger partial charge in [-0.3, -0.25) is 9.69 Å². The van der Waals surface area contributed by atoms with Gasteiger partial charge in [0.15, 0.2) is 0 Å². The number of carbonyl (C=O) groups is 2. The van der Waals surface area contributed by atoms with Crippen molar-refractivity contribution < 1.29 is 19.4 Å². The Morgan fingerprint density at radius 2 is 1.91 bits per heavy atom. The number of carbonyl (C=O) groups excluding carboxylic acids is 1. The highest BCUT2D eigenvalue weighted by atomic mass is 32.1. The normalized spacial score (nSPS) is 10.2. The molecule has 1 aromatic carbocycles. The molecule has 22 heavy (non-hydrogen) atoms. The topological polar surface area (TPSA) is 66.8 Å². The number of rotatable bonds is 7. The summed E-state index contributed by atoms with van der Waals surface area (Å²) in [7, 11) is 0.